The SMILES string of the molecule is CSc1c(OC(C)C)cccc1OC1CC1. The Morgan fingerprint density at radius 1 is 1.25 bits per heavy atom. The van der Waals surface area contributed by atoms with Crippen LogP contribution in [0.2, 0.25) is 0 Å². The Labute approximate surface area is 101 Å². The molecule has 1 saturated carbocycles. The highest BCUT2D eigenvalue weighted by atomic mass is 32.2. The number of benzene rings is 1. The van der Waals surface area contributed by atoms with Crippen molar-refractivity contribution in [3.05, 3.63) is 18.2 Å². The summed E-state index contributed by atoms with van der Waals surface area (Å²) >= 11 is 1.68. The molecule has 1 aliphatic carbocycles. The third-order valence-corrected chi connectivity index (χ3v) is 3.14. The third kappa shape index (κ3) is 2.85. The molecule has 0 spiro atoms. The molecule has 0 saturated heterocycles. The van der Waals surface area contributed by atoms with Gasteiger partial charge in [-0.05, 0) is 45.1 Å². The molecular formula is C13H18O2S. The fraction of sp³-hybridized carbons (Fsp3) is 0.538. The lowest BCUT2D eigenvalue weighted by Gasteiger charge is -2.16. The van der Waals surface area contributed by atoms with Gasteiger partial charge < -0.3 is 9.47 Å². The number of ether oxygens (including phenoxy) is 2. The quantitative estimate of drug-likeness (QED) is 0.728. The predicted molar refractivity (Wildman–Crippen MR) is 67.6 cm³/mol. The van der Waals surface area contributed by atoms with Gasteiger partial charge in [0.1, 0.15) is 11.5 Å². The van der Waals surface area contributed by atoms with E-state index < -0.39 is 0 Å². The van der Waals surface area contributed by atoms with Crippen LogP contribution in [0.3, 0.4) is 0 Å². The van der Waals surface area contributed by atoms with Gasteiger partial charge in [0, 0.05) is 0 Å². The molecule has 3 heteroatoms. The van der Waals surface area contributed by atoms with Gasteiger partial charge in [-0.25, -0.2) is 0 Å². The molecule has 2 nitrogen and oxygen atoms in total. The highest BCUT2D eigenvalue weighted by Gasteiger charge is 2.25. The van der Waals surface area contributed by atoms with E-state index in [0.717, 1.165) is 16.4 Å². The van der Waals surface area contributed by atoms with Gasteiger partial charge in [-0.3, -0.25) is 0 Å². The molecular weight excluding hydrogens is 220 g/mol. The van der Waals surface area contributed by atoms with Crippen LogP contribution in [0.1, 0.15) is 26.7 Å². The van der Waals surface area contributed by atoms with Gasteiger partial charge in [0.25, 0.3) is 0 Å². The lowest BCUT2D eigenvalue weighted by molar-refractivity contribution is 0.231. The first-order chi connectivity index (χ1) is 7.70. The van der Waals surface area contributed by atoms with Gasteiger partial charge in [-0.15, -0.1) is 11.8 Å². The van der Waals surface area contributed by atoms with Crippen LogP contribution in [-0.2, 0) is 0 Å². The summed E-state index contributed by atoms with van der Waals surface area (Å²) in [5.74, 6) is 1.90. The van der Waals surface area contributed by atoms with Gasteiger partial charge in [0.15, 0.2) is 0 Å². The van der Waals surface area contributed by atoms with Crippen molar-refractivity contribution in [3.8, 4) is 11.5 Å². The molecule has 1 aliphatic rings. The van der Waals surface area contributed by atoms with Gasteiger partial charge in [0.05, 0.1) is 17.1 Å². The number of hydrogen-bond acceptors (Lipinski definition) is 3. The van der Waals surface area contributed by atoms with Crippen molar-refractivity contribution in [1.29, 1.82) is 0 Å². The second-order valence-corrected chi connectivity index (χ2v) is 5.09. The Bertz CT molecular complexity index is 337. The van der Waals surface area contributed by atoms with E-state index in [-0.39, 0.29) is 6.10 Å². The molecule has 16 heavy (non-hydrogen) atoms. The first-order valence-corrected chi connectivity index (χ1v) is 6.93. The predicted octanol–water partition coefficient (Wildman–Crippen LogP) is 3.74. The van der Waals surface area contributed by atoms with Crippen molar-refractivity contribution < 1.29 is 9.47 Å². The van der Waals surface area contributed by atoms with Crippen LogP contribution in [0.5, 0.6) is 11.5 Å². The zero-order valence-electron chi connectivity index (χ0n) is 10.0. The smallest absolute Gasteiger partial charge is 0.137 e. The molecule has 1 aromatic rings. The Morgan fingerprint density at radius 2 is 1.94 bits per heavy atom. The summed E-state index contributed by atoms with van der Waals surface area (Å²) in [6.07, 6.45) is 5.05. The summed E-state index contributed by atoms with van der Waals surface area (Å²) in [5, 5.41) is 0. The van der Waals surface area contributed by atoms with Crippen molar-refractivity contribution >= 4 is 11.8 Å². The largest absolute Gasteiger partial charge is 0.490 e. The second kappa shape index (κ2) is 5.00. The highest BCUT2D eigenvalue weighted by molar-refractivity contribution is 7.98. The summed E-state index contributed by atoms with van der Waals surface area (Å²) in [5.41, 5.74) is 0. The molecule has 0 atom stereocenters. The maximum atomic E-state index is 5.87. The maximum absolute atomic E-state index is 5.87. The Hall–Kier alpha value is -0.830. The van der Waals surface area contributed by atoms with Crippen LogP contribution < -0.4 is 9.47 Å². The van der Waals surface area contributed by atoms with Crippen LogP contribution in [0, 0.1) is 0 Å². The van der Waals surface area contributed by atoms with E-state index in [2.05, 4.69) is 6.26 Å². The summed E-state index contributed by atoms with van der Waals surface area (Å²) in [4.78, 5) is 1.11. The van der Waals surface area contributed by atoms with Crippen LogP contribution in [-0.4, -0.2) is 18.5 Å². The average Bonchev–Trinajstić information content (AvgIpc) is 3.01. The Kier molecular flexibility index (Phi) is 3.64. The summed E-state index contributed by atoms with van der Waals surface area (Å²) in [7, 11) is 0. The van der Waals surface area contributed by atoms with E-state index in [0.29, 0.717) is 6.10 Å². The van der Waals surface area contributed by atoms with Gasteiger partial charge >= 0.3 is 0 Å². The fourth-order valence-electron chi connectivity index (χ4n) is 1.50. The molecule has 0 bridgehead atoms. The maximum Gasteiger partial charge on any atom is 0.137 e. The Morgan fingerprint density at radius 3 is 2.50 bits per heavy atom. The molecule has 0 heterocycles. The zero-order chi connectivity index (χ0) is 11.5. The summed E-state index contributed by atoms with van der Waals surface area (Å²) in [6, 6.07) is 6.03. The molecule has 1 aromatic carbocycles. The van der Waals surface area contributed by atoms with E-state index in [1.165, 1.54) is 12.8 Å². The normalized spacial score (nSPS) is 15.2. The topological polar surface area (TPSA) is 18.5 Å². The van der Waals surface area contributed by atoms with Crippen molar-refractivity contribution in [3.63, 3.8) is 0 Å². The molecule has 0 unspecified atom stereocenters. The van der Waals surface area contributed by atoms with Crippen molar-refractivity contribution in [1.82, 2.24) is 0 Å². The summed E-state index contributed by atoms with van der Waals surface area (Å²) in [6.45, 7) is 4.08. The second-order valence-electron chi connectivity index (χ2n) is 4.27. The van der Waals surface area contributed by atoms with E-state index in [1.54, 1.807) is 11.8 Å². The molecule has 0 aromatic heterocycles. The minimum atomic E-state index is 0.196. The molecule has 1 fully saturated rings. The lowest BCUT2D eigenvalue weighted by Crippen LogP contribution is -2.07. The van der Waals surface area contributed by atoms with Crippen LogP contribution in [0.4, 0.5) is 0 Å². The molecule has 0 radical (unpaired) electrons. The standard InChI is InChI=1S/C13H18O2S/c1-9(2)14-11-5-4-6-12(13(11)16-3)15-10-7-8-10/h4-6,9-10H,7-8H2,1-3H3. The van der Waals surface area contributed by atoms with Crippen molar-refractivity contribution in [2.45, 2.75) is 43.8 Å². The first-order valence-electron chi connectivity index (χ1n) is 5.71. The van der Waals surface area contributed by atoms with Crippen molar-refractivity contribution in [2.75, 3.05) is 6.26 Å². The fourth-order valence-corrected chi connectivity index (χ4v) is 2.14. The van der Waals surface area contributed by atoms with Gasteiger partial charge in [-0.2, -0.15) is 0 Å². The molecule has 88 valence electrons. The summed E-state index contributed by atoms with van der Waals surface area (Å²) < 4.78 is 11.6. The van der Waals surface area contributed by atoms with Crippen LogP contribution in [0.15, 0.2) is 23.1 Å². The lowest BCUT2D eigenvalue weighted by atomic mass is 10.3. The average molecular weight is 238 g/mol. The Balaban J connectivity index is 2.21. The van der Waals surface area contributed by atoms with Crippen molar-refractivity contribution in [2.24, 2.45) is 0 Å². The van der Waals surface area contributed by atoms with Crippen LogP contribution in [0.25, 0.3) is 0 Å². The van der Waals surface area contributed by atoms with Gasteiger partial charge in [-0.1, -0.05) is 6.07 Å². The minimum absolute atomic E-state index is 0.196. The monoisotopic (exact) mass is 238 g/mol. The van der Waals surface area contributed by atoms with Gasteiger partial charge in [0.2, 0.25) is 0 Å². The number of rotatable bonds is 5. The van der Waals surface area contributed by atoms with Crippen LogP contribution >= 0.6 is 11.8 Å². The molecule has 0 amide bonds. The molecule has 0 aliphatic heterocycles. The number of thioether (sulfide) groups is 1. The zero-order valence-corrected chi connectivity index (χ0v) is 10.8. The third-order valence-electron chi connectivity index (χ3n) is 2.33. The van der Waals surface area contributed by atoms with E-state index in [4.69, 9.17) is 9.47 Å². The highest BCUT2D eigenvalue weighted by Crippen LogP contribution is 2.39. The number of hydrogen-bond donors (Lipinski definition) is 0. The molecule has 2 rings (SSSR count). The minimum Gasteiger partial charge on any atom is -0.490 e. The van der Waals surface area contributed by atoms with E-state index in [9.17, 15) is 0 Å². The molecule has 0 N–H and O–H groups in total. The van der Waals surface area contributed by atoms with E-state index >= 15 is 0 Å². The van der Waals surface area contributed by atoms with E-state index in [1.807, 2.05) is 32.0 Å². The first kappa shape index (κ1) is 11.6.